The first-order chi connectivity index (χ1) is 53.9. The summed E-state index contributed by atoms with van der Waals surface area (Å²) in [5.41, 5.74) is 2.69. The summed E-state index contributed by atoms with van der Waals surface area (Å²) in [6.45, 7) is 36.8. The lowest BCUT2D eigenvalue weighted by atomic mass is 9.90. The number of anilines is 1. The fourth-order valence-corrected chi connectivity index (χ4v) is 14.3. The molecule has 0 fully saturated rings. The predicted molar refractivity (Wildman–Crippen MR) is 434 cm³/mol. The minimum atomic E-state index is -2.60. The first-order valence-electron chi connectivity index (χ1n) is 38.2. The highest BCUT2D eigenvalue weighted by molar-refractivity contribution is 7.15. The van der Waals surface area contributed by atoms with Crippen LogP contribution in [0.3, 0.4) is 0 Å². The highest BCUT2D eigenvalue weighted by Gasteiger charge is 2.42. The zero-order valence-electron chi connectivity index (χ0n) is 66.1. The molecular formula is C87H104F6N4O12S2Si. The molecule has 0 saturated heterocycles. The Labute approximate surface area is 665 Å². The molecule has 4 aromatic carbocycles. The molecule has 0 spiro atoms. The molecule has 0 saturated carbocycles. The van der Waals surface area contributed by atoms with Gasteiger partial charge in [-0.25, -0.2) is 14.6 Å². The molecular weight excluding hydrogens is 1500 g/mol. The van der Waals surface area contributed by atoms with Crippen molar-refractivity contribution in [3.05, 3.63) is 197 Å². The third-order valence-corrected chi connectivity index (χ3v) is 25.3. The minimum absolute atomic E-state index is 0.00176. The van der Waals surface area contributed by atoms with Crippen molar-refractivity contribution in [1.82, 2.24) is 0 Å². The summed E-state index contributed by atoms with van der Waals surface area (Å²) in [4.78, 5) is 21.1. The van der Waals surface area contributed by atoms with E-state index in [0.717, 1.165) is 117 Å². The van der Waals surface area contributed by atoms with Crippen LogP contribution in [0.2, 0.25) is 18.1 Å². The number of benzene rings is 4. The van der Waals surface area contributed by atoms with Crippen molar-refractivity contribution in [2.45, 2.75) is 196 Å². The Morgan fingerprint density at radius 1 is 0.527 bits per heavy atom. The van der Waals surface area contributed by atoms with Crippen molar-refractivity contribution < 1.29 is 83.2 Å². The summed E-state index contributed by atoms with van der Waals surface area (Å²) in [6, 6.07) is 24.6. The van der Waals surface area contributed by atoms with Gasteiger partial charge in [0.2, 0.25) is 5.70 Å². The van der Waals surface area contributed by atoms with Crippen molar-refractivity contribution in [2.75, 3.05) is 57.6 Å². The highest BCUT2D eigenvalue weighted by atomic mass is 32.1. The van der Waals surface area contributed by atoms with Crippen molar-refractivity contribution in [3.8, 4) is 58.1 Å². The average molecular weight is 1600 g/mol. The van der Waals surface area contributed by atoms with Crippen molar-refractivity contribution in [1.29, 1.82) is 10.5 Å². The Morgan fingerprint density at radius 3 is 1.41 bits per heavy atom. The molecule has 7 rings (SSSR count). The highest BCUT2D eigenvalue weighted by Crippen LogP contribution is 2.50. The van der Waals surface area contributed by atoms with Crippen LogP contribution < -0.4 is 42.8 Å². The summed E-state index contributed by atoms with van der Waals surface area (Å²) in [5, 5.41) is 20.6. The van der Waals surface area contributed by atoms with Crippen LogP contribution in [-0.4, -0.2) is 66.6 Å². The molecule has 0 bridgehead atoms. The molecule has 0 aliphatic carbocycles. The maximum absolute atomic E-state index is 13.5. The number of unbranched alkanes of at least 4 members (excludes halogenated alkanes) is 7. The zero-order chi connectivity index (χ0) is 81.1. The second-order valence-corrected chi connectivity index (χ2v) is 35.2. The predicted octanol–water partition coefficient (Wildman–Crippen LogP) is 25.5. The second kappa shape index (κ2) is 45.9. The van der Waals surface area contributed by atoms with Crippen LogP contribution in [-0.2, 0) is 38.8 Å². The van der Waals surface area contributed by atoms with Crippen molar-refractivity contribution >= 4 is 67.1 Å². The molecule has 25 heteroatoms. The largest absolute Gasteiger partial charge is 0.493 e. The van der Waals surface area contributed by atoms with Gasteiger partial charge < -0.3 is 52.0 Å². The lowest BCUT2D eigenvalue weighted by Crippen LogP contribution is -2.40. The van der Waals surface area contributed by atoms with E-state index in [4.69, 9.17) is 53.9 Å². The topological polar surface area (TPSA) is 166 Å². The zero-order valence-corrected chi connectivity index (χ0v) is 68.7. The van der Waals surface area contributed by atoms with Crippen LogP contribution in [0.5, 0.6) is 46.0 Å². The van der Waals surface area contributed by atoms with Crippen LogP contribution in [0, 0.1) is 29.2 Å². The fraction of sp³-hybridized carbons (Fsp3) is 0.437. The molecule has 0 N–H and O–H groups in total. The number of allylic oxidation sites excluding steroid dienone is 1. The molecule has 112 heavy (non-hydrogen) atoms. The molecule has 0 radical (unpaired) electrons. The lowest BCUT2D eigenvalue weighted by Gasteiger charge is -2.36. The summed E-state index contributed by atoms with van der Waals surface area (Å²) in [7, 11) is -1.74. The fourth-order valence-electron chi connectivity index (χ4n) is 11.2. The number of hydrogen-bond donors (Lipinski definition) is 0. The summed E-state index contributed by atoms with van der Waals surface area (Å²) in [5.74, 6) is 2.61. The van der Waals surface area contributed by atoms with Gasteiger partial charge >= 0.3 is 24.2 Å². The Morgan fingerprint density at radius 2 is 0.982 bits per heavy atom. The number of ether oxygens (including phenoxy) is 9. The molecule has 6 aromatic rings. The van der Waals surface area contributed by atoms with Crippen LogP contribution in [0.1, 0.15) is 194 Å². The third-order valence-electron chi connectivity index (χ3n) is 18.6. The number of halogens is 6. The normalized spacial score (nSPS) is 13.6. The Balaban J connectivity index is 1.12. The van der Waals surface area contributed by atoms with E-state index >= 15 is 0 Å². The number of rotatable bonds is 49. The van der Waals surface area contributed by atoms with Gasteiger partial charge in [-0.1, -0.05) is 136 Å². The molecule has 16 nitrogen and oxygen atoms in total. The van der Waals surface area contributed by atoms with E-state index in [2.05, 4.69) is 130 Å². The Kier molecular flexibility index (Phi) is 36.8. The maximum Gasteiger partial charge on any atom is 0.344 e. The van der Waals surface area contributed by atoms with Gasteiger partial charge in [0.05, 0.1) is 59.1 Å². The van der Waals surface area contributed by atoms with Gasteiger partial charge in [0.1, 0.15) is 60.6 Å². The lowest BCUT2D eigenvalue weighted by molar-refractivity contribution is -0.304. The van der Waals surface area contributed by atoms with Gasteiger partial charge in [0.15, 0.2) is 42.6 Å². The maximum atomic E-state index is 13.5. The number of thiophene rings is 2. The van der Waals surface area contributed by atoms with E-state index in [9.17, 15) is 36.9 Å². The molecule has 1 atom stereocenters. The standard InChI is InChI=1S/C87H104F6N4O12S2Si/c1-13-18-47-98-78-72(41-33-61-27-34-66(35-28-61)97(17-5)46-24-22-23-25-52-106-112(11,12)86(6,7)8)110-74(80(78)100-49-20-15-3)43-44-75-81(101-50-21-16-4)79(99-48-19-14-2)73(111-75)42-40-71-76(96-10)77(65(56-94)57-95)109-87(71,9)45-26-51-104-105-60-64-53-69(102-58-62-29-36-67(37-30-62)107-84(92)82(88)89)55-70(54-64)103-59-63-31-38-68(39-32-63)108-85(93)83(90)91/h27-44,53-55H,13-26,45-52,58-60H2,1-9,11-12H3. The van der Waals surface area contributed by atoms with Crippen LogP contribution in [0.4, 0.5) is 32.0 Å². The van der Waals surface area contributed by atoms with Gasteiger partial charge in [0, 0.05) is 37.0 Å². The number of nitrogens with zero attached hydrogens (tertiary/aromatic N) is 4. The summed E-state index contributed by atoms with van der Waals surface area (Å²) < 4.78 is 139. The van der Waals surface area contributed by atoms with Crippen LogP contribution in [0.25, 0.3) is 35.2 Å². The quantitative estimate of drug-likeness (QED) is 0.00517. The van der Waals surface area contributed by atoms with Gasteiger partial charge in [-0.3, -0.25) is 0 Å². The van der Waals surface area contributed by atoms with Gasteiger partial charge in [-0.15, -0.1) is 22.7 Å². The summed E-state index contributed by atoms with van der Waals surface area (Å²) >= 11 is 3.03. The molecule has 2 aromatic heterocycles. The van der Waals surface area contributed by atoms with Crippen molar-refractivity contribution in [2.24, 2.45) is 0 Å². The van der Waals surface area contributed by atoms with Gasteiger partial charge in [0.25, 0.3) is 0 Å². The first kappa shape index (κ1) is 89.8. The van der Waals surface area contributed by atoms with E-state index in [1.807, 2.05) is 24.3 Å². The Hall–Kier alpha value is -9.39. The van der Waals surface area contributed by atoms with Crippen molar-refractivity contribution in [3.63, 3.8) is 0 Å². The molecule has 1 unspecified atom stereocenters. The molecule has 1 aliphatic rings. The van der Waals surface area contributed by atoms with Gasteiger partial charge in [-0.05, 0) is 178 Å². The van der Waals surface area contributed by atoms with E-state index in [-0.39, 0.29) is 72.8 Å². The summed E-state index contributed by atoms with van der Waals surface area (Å²) in [6.07, 6.45) is 18.7. The number of hydrogen-bond acceptors (Lipinski definition) is 17. The average Bonchev–Trinajstić information content (AvgIpc) is 1.63. The Bertz CT molecular complexity index is 4240. The first-order valence-corrected chi connectivity index (χ1v) is 42.8. The van der Waals surface area contributed by atoms with E-state index in [1.54, 1.807) is 42.5 Å². The van der Waals surface area contributed by atoms with Crippen LogP contribution >= 0.6 is 22.7 Å². The van der Waals surface area contributed by atoms with E-state index < -0.39 is 38.1 Å². The molecule has 602 valence electrons. The molecule has 0 amide bonds. The molecule has 1 aliphatic heterocycles. The number of nitriles is 2. The monoisotopic (exact) mass is 1600 g/mol. The third kappa shape index (κ3) is 27.5. The van der Waals surface area contributed by atoms with E-state index in [1.165, 1.54) is 65.6 Å². The SMILES string of the molecule is [C-]#[N+]C1=C(C=Cc2sc(C=Cc3sc(C=Cc4ccc(N(CC)CCCCCCO[Si](C)(C)C(C)(C)C)cc4)c(OCCCC)c3OCCCC)c(OCCCC)c2OCCCC)C(C)(CCCOOCc2cc(OCc3ccc(OC(F)=C(F)F)cc3)cc(OCc3ccc(OC(F)=C(F)F)cc3)c2)OC1=C(C#N)C#N. The second-order valence-electron chi connectivity index (χ2n) is 28.3. The molecule has 3 heterocycles. The smallest absolute Gasteiger partial charge is 0.344 e. The van der Waals surface area contributed by atoms with E-state index in [0.29, 0.717) is 88.1 Å². The minimum Gasteiger partial charge on any atom is -0.493 e. The van der Waals surface area contributed by atoms with Gasteiger partial charge in [-0.2, -0.15) is 36.9 Å². The van der Waals surface area contributed by atoms with Crippen LogP contribution in [0.15, 0.2) is 144 Å².